The summed E-state index contributed by atoms with van der Waals surface area (Å²) >= 11 is 0. The molecule has 108 valence electrons. The van der Waals surface area contributed by atoms with E-state index in [4.69, 9.17) is 10.8 Å². The summed E-state index contributed by atoms with van der Waals surface area (Å²) in [5.41, 5.74) is 5.47. The number of carbonyl (C=O) groups is 2. The molecule has 21 heavy (non-hydrogen) atoms. The van der Waals surface area contributed by atoms with Gasteiger partial charge in [0, 0.05) is 17.7 Å². The minimum Gasteiger partial charge on any atom is -0.478 e. The Kier molecular flexibility index (Phi) is 5.57. The molecule has 0 saturated carbocycles. The van der Waals surface area contributed by atoms with Crippen LogP contribution in [0.4, 0.5) is 5.69 Å². The molecule has 2 aromatic carbocycles. The van der Waals surface area contributed by atoms with Crippen LogP contribution in [0.25, 0.3) is 0 Å². The summed E-state index contributed by atoms with van der Waals surface area (Å²) in [6, 6.07) is 13.4. The van der Waals surface area contributed by atoms with Gasteiger partial charge in [0.25, 0.3) is 5.69 Å². The van der Waals surface area contributed by atoms with Crippen LogP contribution in [-0.2, 0) is 0 Å². The van der Waals surface area contributed by atoms with Crippen LogP contribution < -0.4 is 5.73 Å². The number of hydrogen-bond donors (Lipinski definition) is 2. The molecule has 0 aromatic heterocycles. The Balaban J connectivity index is 0.000000219. The molecule has 0 unspecified atom stereocenters. The van der Waals surface area contributed by atoms with Crippen molar-refractivity contribution in [1.29, 1.82) is 0 Å². The van der Waals surface area contributed by atoms with E-state index in [1.807, 2.05) is 0 Å². The average Bonchev–Trinajstić information content (AvgIpc) is 2.49. The summed E-state index contributed by atoms with van der Waals surface area (Å²) < 4.78 is 0. The lowest BCUT2D eigenvalue weighted by Gasteiger charge is -1.93. The van der Waals surface area contributed by atoms with Gasteiger partial charge in [-0.05, 0) is 24.3 Å². The van der Waals surface area contributed by atoms with Crippen LogP contribution in [0.3, 0.4) is 0 Å². The van der Waals surface area contributed by atoms with Crippen molar-refractivity contribution in [2.75, 3.05) is 0 Å². The minimum absolute atomic E-state index is 0.0556. The van der Waals surface area contributed by atoms with Crippen LogP contribution in [0.15, 0.2) is 54.6 Å². The highest BCUT2D eigenvalue weighted by Gasteiger charge is 2.05. The Bertz CT molecular complexity index is 605. The number of benzene rings is 2. The lowest BCUT2D eigenvalue weighted by Crippen LogP contribution is -2.10. The summed E-state index contributed by atoms with van der Waals surface area (Å²) in [5.74, 6) is -1.47. The predicted octanol–water partition coefficient (Wildman–Crippen LogP) is 2.08. The molecule has 0 fully saturated rings. The molecule has 1 amide bonds. The number of carboxylic acid groups (broad SMARTS) is 1. The molecule has 0 saturated heterocycles. The number of primary amides is 1. The molecule has 0 atom stereocenters. The summed E-state index contributed by atoms with van der Waals surface area (Å²) in [5, 5.41) is 18.6. The maximum Gasteiger partial charge on any atom is 0.335 e. The molecule has 3 N–H and O–H groups in total. The molecule has 0 aliphatic heterocycles. The van der Waals surface area contributed by atoms with E-state index in [1.54, 1.807) is 30.3 Å². The van der Waals surface area contributed by atoms with Crippen LogP contribution in [0.2, 0.25) is 0 Å². The highest BCUT2D eigenvalue weighted by Crippen LogP contribution is 2.10. The van der Waals surface area contributed by atoms with Gasteiger partial charge in [0.2, 0.25) is 5.91 Å². The monoisotopic (exact) mass is 288 g/mol. The normalized spacial score (nSPS) is 9.14. The lowest BCUT2D eigenvalue weighted by atomic mass is 10.2. The van der Waals surface area contributed by atoms with Crippen molar-refractivity contribution in [2.45, 2.75) is 0 Å². The Labute approximate surface area is 119 Å². The van der Waals surface area contributed by atoms with Crippen LogP contribution in [0, 0.1) is 10.1 Å². The van der Waals surface area contributed by atoms with Crippen molar-refractivity contribution < 1.29 is 19.6 Å². The Morgan fingerprint density at radius 2 is 1.48 bits per heavy atom. The van der Waals surface area contributed by atoms with Crippen molar-refractivity contribution in [3.05, 3.63) is 75.8 Å². The zero-order chi connectivity index (χ0) is 15.8. The minimum atomic E-state index is -0.879. The van der Waals surface area contributed by atoms with Crippen LogP contribution in [-0.4, -0.2) is 21.9 Å². The standard InChI is InChI=1S/C7H6N2O3.C7H6O2/c8-7(10)5-1-3-6(4-2-5)9(11)12;8-7(9)6-4-2-1-3-5-6/h1-4H,(H2,8,10);1-5H,(H,8,9). The first kappa shape index (κ1) is 15.8. The largest absolute Gasteiger partial charge is 0.478 e. The highest BCUT2D eigenvalue weighted by atomic mass is 16.6. The number of carbonyl (C=O) groups excluding carboxylic acids is 1. The van der Waals surface area contributed by atoms with Crippen molar-refractivity contribution in [2.24, 2.45) is 5.73 Å². The summed E-state index contributed by atoms with van der Waals surface area (Å²) in [7, 11) is 0. The molecule has 0 aliphatic rings. The summed E-state index contributed by atoms with van der Waals surface area (Å²) in [4.78, 5) is 30.4. The zero-order valence-corrected chi connectivity index (χ0v) is 10.8. The van der Waals surface area contributed by atoms with Crippen molar-refractivity contribution in [3.63, 3.8) is 0 Å². The van der Waals surface area contributed by atoms with Gasteiger partial charge in [-0.1, -0.05) is 18.2 Å². The number of carboxylic acids is 1. The smallest absolute Gasteiger partial charge is 0.335 e. The van der Waals surface area contributed by atoms with E-state index in [1.165, 1.54) is 24.3 Å². The van der Waals surface area contributed by atoms with E-state index in [0.29, 0.717) is 5.56 Å². The van der Waals surface area contributed by atoms with Gasteiger partial charge in [-0.25, -0.2) is 4.79 Å². The lowest BCUT2D eigenvalue weighted by molar-refractivity contribution is -0.384. The molecule has 2 aromatic rings. The first-order chi connectivity index (χ1) is 9.91. The van der Waals surface area contributed by atoms with Gasteiger partial charge >= 0.3 is 5.97 Å². The number of nitrogens with two attached hydrogens (primary N) is 1. The fourth-order valence-corrected chi connectivity index (χ4v) is 1.33. The molecule has 7 nitrogen and oxygen atoms in total. The topological polar surface area (TPSA) is 124 Å². The second-order valence-corrected chi connectivity index (χ2v) is 3.84. The fraction of sp³-hybridized carbons (Fsp3) is 0. The van der Waals surface area contributed by atoms with Crippen molar-refractivity contribution in [1.82, 2.24) is 0 Å². The third-order valence-electron chi connectivity index (χ3n) is 2.38. The third-order valence-corrected chi connectivity index (χ3v) is 2.38. The second kappa shape index (κ2) is 7.39. The maximum atomic E-state index is 10.5. The van der Waals surface area contributed by atoms with Gasteiger partial charge in [-0.15, -0.1) is 0 Å². The van der Waals surface area contributed by atoms with E-state index in [2.05, 4.69) is 0 Å². The first-order valence-electron chi connectivity index (χ1n) is 5.74. The van der Waals surface area contributed by atoms with Crippen molar-refractivity contribution >= 4 is 17.6 Å². The Hall–Kier alpha value is -3.22. The molecule has 0 aliphatic carbocycles. The van der Waals surface area contributed by atoms with E-state index >= 15 is 0 Å². The molecule has 0 spiro atoms. The predicted molar refractivity (Wildman–Crippen MR) is 75.0 cm³/mol. The molecule has 0 heterocycles. The first-order valence-corrected chi connectivity index (χ1v) is 5.74. The summed E-state index contributed by atoms with van der Waals surface area (Å²) in [6.45, 7) is 0. The number of nitro benzene ring substituents is 1. The van der Waals surface area contributed by atoms with Gasteiger partial charge in [0.15, 0.2) is 0 Å². The maximum absolute atomic E-state index is 10.5. The van der Waals surface area contributed by atoms with Gasteiger partial charge in [-0.2, -0.15) is 0 Å². The van der Waals surface area contributed by atoms with Crippen LogP contribution >= 0.6 is 0 Å². The Morgan fingerprint density at radius 3 is 1.81 bits per heavy atom. The molecular weight excluding hydrogens is 276 g/mol. The van der Waals surface area contributed by atoms with Crippen LogP contribution in [0.5, 0.6) is 0 Å². The van der Waals surface area contributed by atoms with E-state index in [0.717, 1.165) is 0 Å². The molecule has 2 rings (SSSR count). The number of aromatic carboxylic acids is 1. The number of hydrogen-bond acceptors (Lipinski definition) is 4. The molecule has 0 radical (unpaired) electrons. The molecular formula is C14H12N2O5. The van der Waals surface area contributed by atoms with Crippen molar-refractivity contribution in [3.8, 4) is 0 Å². The number of amides is 1. The van der Waals surface area contributed by atoms with Gasteiger partial charge in [-0.3, -0.25) is 14.9 Å². The van der Waals surface area contributed by atoms with E-state index in [9.17, 15) is 19.7 Å². The number of rotatable bonds is 3. The number of nitro groups is 1. The highest BCUT2D eigenvalue weighted by molar-refractivity contribution is 5.92. The van der Waals surface area contributed by atoms with Gasteiger partial charge in [0.05, 0.1) is 10.5 Å². The number of non-ortho nitro benzene ring substituents is 1. The quantitative estimate of drug-likeness (QED) is 0.661. The third kappa shape index (κ3) is 5.11. The van der Waals surface area contributed by atoms with E-state index in [-0.39, 0.29) is 11.3 Å². The van der Waals surface area contributed by atoms with Crippen LogP contribution in [0.1, 0.15) is 20.7 Å². The second-order valence-electron chi connectivity index (χ2n) is 3.84. The summed E-state index contributed by atoms with van der Waals surface area (Å²) in [6.07, 6.45) is 0. The fourth-order valence-electron chi connectivity index (χ4n) is 1.33. The SMILES string of the molecule is NC(=O)c1ccc([N+](=O)[O-])cc1.O=C(O)c1ccccc1. The van der Waals surface area contributed by atoms with Gasteiger partial charge < -0.3 is 10.8 Å². The zero-order valence-electron chi connectivity index (χ0n) is 10.8. The number of nitrogens with zero attached hydrogens (tertiary/aromatic N) is 1. The Morgan fingerprint density at radius 1 is 0.952 bits per heavy atom. The van der Waals surface area contributed by atoms with E-state index < -0.39 is 16.8 Å². The molecule has 7 heteroatoms. The average molecular weight is 288 g/mol. The molecule has 0 bridgehead atoms. The van der Waals surface area contributed by atoms with Gasteiger partial charge in [0.1, 0.15) is 0 Å².